The zero-order valence-corrected chi connectivity index (χ0v) is 15.7. The summed E-state index contributed by atoms with van der Waals surface area (Å²) in [6.07, 6.45) is 3.91. The van der Waals surface area contributed by atoms with Gasteiger partial charge in [0.25, 0.3) is 0 Å². The van der Waals surface area contributed by atoms with Gasteiger partial charge in [0.2, 0.25) is 0 Å². The lowest BCUT2D eigenvalue weighted by Crippen LogP contribution is -2.36. The van der Waals surface area contributed by atoms with Crippen LogP contribution in [0.25, 0.3) is 0 Å². The molecule has 5 heteroatoms. The van der Waals surface area contributed by atoms with Crippen LogP contribution in [0.15, 0.2) is 65.5 Å². The van der Waals surface area contributed by atoms with Gasteiger partial charge in [0.15, 0.2) is 0 Å². The molecule has 4 rings (SSSR count). The van der Waals surface area contributed by atoms with Crippen LogP contribution in [0.1, 0.15) is 22.9 Å². The molecule has 25 heavy (non-hydrogen) atoms. The van der Waals surface area contributed by atoms with Crippen molar-refractivity contribution in [2.24, 2.45) is 0 Å². The fraction of sp³-hybridized carbons (Fsp3) is 0.250. The highest BCUT2D eigenvalue weighted by Crippen LogP contribution is 2.31. The smallest absolute Gasteiger partial charge is 0.118 e. The second-order valence-electron chi connectivity index (χ2n) is 6.36. The van der Waals surface area contributed by atoms with Crippen molar-refractivity contribution < 1.29 is 4.74 Å². The number of rotatable bonds is 4. The summed E-state index contributed by atoms with van der Waals surface area (Å²) in [5, 5.41) is 0. The van der Waals surface area contributed by atoms with Crippen molar-refractivity contribution in [3.63, 3.8) is 0 Å². The number of nitrogens with zero attached hydrogens (tertiary/aromatic N) is 3. The Hall–Kier alpha value is -2.11. The molecule has 1 aliphatic rings. The summed E-state index contributed by atoms with van der Waals surface area (Å²) in [6, 6.07) is 17.3. The van der Waals surface area contributed by atoms with E-state index in [1.165, 1.54) is 16.8 Å². The van der Waals surface area contributed by atoms with E-state index in [0.717, 1.165) is 29.9 Å². The first-order chi connectivity index (χ1) is 12.2. The molecule has 128 valence electrons. The Morgan fingerprint density at radius 3 is 2.60 bits per heavy atom. The fourth-order valence-electron chi connectivity index (χ4n) is 3.40. The lowest BCUT2D eigenvalue weighted by Gasteiger charge is -2.37. The predicted molar refractivity (Wildman–Crippen MR) is 101 cm³/mol. The Kier molecular flexibility index (Phi) is 4.59. The maximum Gasteiger partial charge on any atom is 0.118 e. The Labute approximate surface area is 156 Å². The van der Waals surface area contributed by atoms with Crippen LogP contribution in [0.3, 0.4) is 0 Å². The molecule has 4 nitrogen and oxygen atoms in total. The number of methoxy groups -OCH3 is 1. The van der Waals surface area contributed by atoms with Gasteiger partial charge in [-0.3, -0.25) is 4.90 Å². The molecule has 0 bridgehead atoms. The van der Waals surface area contributed by atoms with Crippen LogP contribution < -0.4 is 4.74 Å². The molecular formula is C20H20BrN3O. The number of benzene rings is 2. The van der Waals surface area contributed by atoms with E-state index in [1.807, 2.05) is 24.7 Å². The summed E-state index contributed by atoms with van der Waals surface area (Å²) in [5.41, 5.74) is 3.88. The van der Waals surface area contributed by atoms with E-state index in [-0.39, 0.29) is 0 Å². The minimum atomic E-state index is 0.330. The lowest BCUT2D eigenvalue weighted by molar-refractivity contribution is 0.131. The third-order valence-electron chi connectivity index (χ3n) is 4.77. The molecule has 0 fully saturated rings. The van der Waals surface area contributed by atoms with E-state index in [1.54, 1.807) is 7.11 Å². The fourth-order valence-corrected chi connectivity index (χ4v) is 3.66. The van der Waals surface area contributed by atoms with Gasteiger partial charge in [-0.05, 0) is 35.4 Å². The Morgan fingerprint density at radius 1 is 1.12 bits per heavy atom. The van der Waals surface area contributed by atoms with E-state index in [4.69, 9.17) is 4.74 Å². The third kappa shape index (κ3) is 3.48. The van der Waals surface area contributed by atoms with Crippen LogP contribution in [0.2, 0.25) is 0 Å². The van der Waals surface area contributed by atoms with E-state index >= 15 is 0 Å². The van der Waals surface area contributed by atoms with Gasteiger partial charge in [0.1, 0.15) is 5.75 Å². The van der Waals surface area contributed by atoms with Crippen molar-refractivity contribution in [1.82, 2.24) is 14.5 Å². The molecule has 1 aromatic heterocycles. The molecule has 0 radical (unpaired) electrons. The highest BCUT2D eigenvalue weighted by atomic mass is 79.9. The molecule has 2 heterocycles. The standard InChI is InChI=1S/C20H20BrN3O/c1-25-19-8-2-15(3-9-19)11-23-12-18-10-22-14-24(18)13-20(23)16-4-6-17(21)7-5-16/h2-10,14,20H,11-13H2,1H3. The molecule has 0 saturated heterocycles. The molecule has 0 spiro atoms. The molecule has 1 atom stereocenters. The summed E-state index contributed by atoms with van der Waals surface area (Å²) in [6.45, 7) is 2.72. The van der Waals surface area contributed by atoms with Gasteiger partial charge in [-0.2, -0.15) is 0 Å². The first-order valence-electron chi connectivity index (χ1n) is 8.34. The zero-order valence-electron chi connectivity index (χ0n) is 14.1. The lowest BCUT2D eigenvalue weighted by atomic mass is 10.0. The van der Waals surface area contributed by atoms with Crippen molar-refractivity contribution in [3.05, 3.63) is 82.3 Å². The van der Waals surface area contributed by atoms with Gasteiger partial charge in [0.05, 0.1) is 25.2 Å². The number of ether oxygens (including phenoxy) is 1. The molecule has 1 unspecified atom stereocenters. The maximum absolute atomic E-state index is 5.27. The van der Waals surface area contributed by atoms with Gasteiger partial charge in [0, 0.05) is 30.3 Å². The van der Waals surface area contributed by atoms with E-state index < -0.39 is 0 Å². The van der Waals surface area contributed by atoms with Gasteiger partial charge < -0.3 is 9.30 Å². The van der Waals surface area contributed by atoms with Crippen LogP contribution in [0.5, 0.6) is 5.75 Å². The van der Waals surface area contributed by atoms with Crippen molar-refractivity contribution in [2.75, 3.05) is 7.11 Å². The number of hydrogen-bond donors (Lipinski definition) is 0. The average Bonchev–Trinajstić information content (AvgIpc) is 3.10. The van der Waals surface area contributed by atoms with Crippen LogP contribution in [0.4, 0.5) is 0 Å². The second kappa shape index (κ2) is 7.02. The maximum atomic E-state index is 5.27. The van der Waals surface area contributed by atoms with Gasteiger partial charge in [-0.15, -0.1) is 0 Å². The van der Waals surface area contributed by atoms with Crippen LogP contribution >= 0.6 is 15.9 Å². The number of hydrogen-bond acceptors (Lipinski definition) is 3. The highest BCUT2D eigenvalue weighted by Gasteiger charge is 2.27. The average molecular weight is 398 g/mol. The monoisotopic (exact) mass is 397 g/mol. The van der Waals surface area contributed by atoms with Crippen molar-refractivity contribution >= 4 is 15.9 Å². The van der Waals surface area contributed by atoms with Gasteiger partial charge >= 0.3 is 0 Å². The van der Waals surface area contributed by atoms with Crippen molar-refractivity contribution in [1.29, 1.82) is 0 Å². The number of aromatic nitrogens is 2. The Balaban J connectivity index is 1.62. The molecule has 3 aromatic rings. The Bertz CT molecular complexity index is 842. The summed E-state index contributed by atoms with van der Waals surface area (Å²) >= 11 is 3.53. The molecule has 0 amide bonds. The molecular weight excluding hydrogens is 378 g/mol. The molecule has 0 saturated carbocycles. The third-order valence-corrected chi connectivity index (χ3v) is 5.30. The van der Waals surface area contributed by atoms with Crippen LogP contribution in [0, 0.1) is 0 Å². The van der Waals surface area contributed by atoms with Crippen LogP contribution in [-0.4, -0.2) is 21.6 Å². The highest BCUT2D eigenvalue weighted by molar-refractivity contribution is 9.10. The summed E-state index contributed by atoms with van der Waals surface area (Å²) < 4.78 is 8.64. The minimum Gasteiger partial charge on any atom is -0.497 e. The summed E-state index contributed by atoms with van der Waals surface area (Å²) in [5.74, 6) is 0.893. The number of imidazole rings is 1. The van der Waals surface area contributed by atoms with Crippen molar-refractivity contribution in [2.45, 2.75) is 25.7 Å². The van der Waals surface area contributed by atoms with E-state index in [2.05, 4.69) is 66.8 Å². The molecule has 1 aliphatic heterocycles. The van der Waals surface area contributed by atoms with Gasteiger partial charge in [-0.25, -0.2) is 4.98 Å². The summed E-state index contributed by atoms with van der Waals surface area (Å²) in [7, 11) is 1.70. The van der Waals surface area contributed by atoms with E-state index in [0.29, 0.717) is 6.04 Å². The zero-order chi connectivity index (χ0) is 17.2. The SMILES string of the molecule is COc1ccc(CN2Cc3cncn3CC2c2ccc(Br)cc2)cc1. The Morgan fingerprint density at radius 2 is 1.88 bits per heavy atom. The molecule has 0 aliphatic carbocycles. The summed E-state index contributed by atoms with van der Waals surface area (Å²) in [4.78, 5) is 6.84. The second-order valence-corrected chi connectivity index (χ2v) is 7.27. The quantitative estimate of drug-likeness (QED) is 0.652. The van der Waals surface area contributed by atoms with E-state index in [9.17, 15) is 0 Å². The minimum absolute atomic E-state index is 0.330. The van der Waals surface area contributed by atoms with Crippen LogP contribution in [-0.2, 0) is 19.6 Å². The first-order valence-corrected chi connectivity index (χ1v) is 9.13. The molecule has 0 N–H and O–H groups in total. The topological polar surface area (TPSA) is 30.3 Å². The number of halogens is 1. The molecule has 2 aromatic carbocycles. The first kappa shape index (κ1) is 16.4. The number of fused-ring (bicyclic) bond motifs is 1. The normalized spacial score (nSPS) is 17.3. The van der Waals surface area contributed by atoms with Crippen molar-refractivity contribution in [3.8, 4) is 5.75 Å². The largest absolute Gasteiger partial charge is 0.497 e. The van der Waals surface area contributed by atoms with Gasteiger partial charge in [-0.1, -0.05) is 40.2 Å². The predicted octanol–water partition coefficient (Wildman–Crippen LogP) is 4.41.